The van der Waals surface area contributed by atoms with E-state index >= 15 is 0 Å². The summed E-state index contributed by atoms with van der Waals surface area (Å²) in [6, 6.07) is 6.26. The molecule has 0 bridgehead atoms. The lowest BCUT2D eigenvalue weighted by atomic mass is 10.1. The first-order valence-corrected chi connectivity index (χ1v) is 11.1. The highest BCUT2D eigenvalue weighted by atomic mass is 32.2. The van der Waals surface area contributed by atoms with Crippen molar-refractivity contribution in [3.8, 4) is 5.75 Å². The molecule has 9 heteroatoms. The van der Waals surface area contributed by atoms with E-state index in [1.165, 1.54) is 17.3 Å². The summed E-state index contributed by atoms with van der Waals surface area (Å²) in [6.07, 6.45) is 0. The number of nitrogens with zero attached hydrogens (tertiary/aromatic N) is 4. The van der Waals surface area contributed by atoms with Crippen LogP contribution in [0.2, 0.25) is 0 Å². The molecule has 7 nitrogen and oxygen atoms in total. The van der Waals surface area contributed by atoms with Crippen molar-refractivity contribution in [3.63, 3.8) is 0 Å². The first-order valence-electron chi connectivity index (χ1n) is 9.17. The van der Waals surface area contributed by atoms with Gasteiger partial charge in [-0.3, -0.25) is 9.79 Å². The van der Waals surface area contributed by atoms with Crippen LogP contribution in [-0.2, 0) is 11.4 Å². The third kappa shape index (κ3) is 5.29. The van der Waals surface area contributed by atoms with Crippen LogP contribution in [0.3, 0.4) is 0 Å². The fourth-order valence-electron chi connectivity index (χ4n) is 2.82. The van der Waals surface area contributed by atoms with Crippen LogP contribution in [0.25, 0.3) is 0 Å². The molecule has 1 aliphatic rings. The number of amides is 1. The van der Waals surface area contributed by atoms with Crippen LogP contribution in [0, 0.1) is 13.8 Å². The Bertz CT molecular complexity index is 879. The van der Waals surface area contributed by atoms with Crippen LogP contribution in [0.5, 0.6) is 5.75 Å². The molecule has 0 spiro atoms. The normalized spacial score (nSPS) is 13.7. The monoisotopic (exact) mass is 419 g/mol. The number of nitrogens with one attached hydrogen (secondary N) is 1. The lowest BCUT2D eigenvalue weighted by molar-refractivity contribution is -0.117. The van der Waals surface area contributed by atoms with E-state index in [9.17, 15) is 4.79 Å². The fourth-order valence-corrected chi connectivity index (χ4v) is 4.45. The zero-order valence-electron chi connectivity index (χ0n) is 16.6. The Balaban J connectivity index is 1.63. The molecule has 1 aromatic heterocycles. The lowest BCUT2D eigenvalue weighted by Gasteiger charge is -2.15. The van der Waals surface area contributed by atoms with E-state index in [-0.39, 0.29) is 17.7 Å². The molecule has 0 fully saturated rings. The first-order chi connectivity index (χ1) is 13.4. The molecule has 0 radical (unpaired) electrons. The molecule has 3 rings (SSSR count). The summed E-state index contributed by atoms with van der Waals surface area (Å²) in [7, 11) is 0. The van der Waals surface area contributed by atoms with Gasteiger partial charge in [0.25, 0.3) is 0 Å². The standard InChI is InChI=1S/C19H25N5O2S2/c1-12(2)24-16(10-26-15-6-5-13(3)9-14(15)4)22-23-19(24)28-11-17(25)21-18-20-7-8-27-18/h5-6,9,12H,7-8,10-11H2,1-4H3,(H,20,21,25). The van der Waals surface area contributed by atoms with Gasteiger partial charge >= 0.3 is 0 Å². The summed E-state index contributed by atoms with van der Waals surface area (Å²) in [5.41, 5.74) is 2.30. The van der Waals surface area contributed by atoms with Gasteiger partial charge in [-0.25, -0.2) is 0 Å². The number of hydrogen-bond donors (Lipinski definition) is 1. The average molecular weight is 420 g/mol. The number of aryl methyl sites for hydroxylation is 2. The topological polar surface area (TPSA) is 81.4 Å². The number of rotatable bonds is 7. The molecule has 2 heterocycles. The van der Waals surface area contributed by atoms with Gasteiger partial charge in [-0.2, -0.15) is 0 Å². The van der Waals surface area contributed by atoms with Gasteiger partial charge in [0.15, 0.2) is 16.1 Å². The molecular weight excluding hydrogens is 394 g/mol. The molecule has 1 N–H and O–H groups in total. The first kappa shape index (κ1) is 20.7. The molecule has 1 amide bonds. The van der Waals surface area contributed by atoms with Crippen LogP contribution in [0.4, 0.5) is 0 Å². The van der Waals surface area contributed by atoms with E-state index in [0.717, 1.165) is 29.4 Å². The third-order valence-electron chi connectivity index (χ3n) is 4.10. The van der Waals surface area contributed by atoms with Crippen LogP contribution in [0.1, 0.15) is 36.8 Å². The van der Waals surface area contributed by atoms with Gasteiger partial charge in [-0.15, -0.1) is 10.2 Å². The highest BCUT2D eigenvalue weighted by molar-refractivity contribution is 8.14. The number of benzene rings is 1. The highest BCUT2D eigenvalue weighted by Gasteiger charge is 2.18. The number of amidine groups is 1. The molecule has 28 heavy (non-hydrogen) atoms. The summed E-state index contributed by atoms with van der Waals surface area (Å²) in [4.78, 5) is 16.4. The summed E-state index contributed by atoms with van der Waals surface area (Å²) in [6.45, 7) is 9.32. The summed E-state index contributed by atoms with van der Waals surface area (Å²) < 4.78 is 7.98. The van der Waals surface area contributed by atoms with E-state index in [4.69, 9.17) is 4.74 Å². The quantitative estimate of drug-likeness (QED) is 0.693. The fraction of sp³-hybridized carbons (Fsp3) is 0.474. The second-order valence-electron chi connectivity index (χ2n) is 6.79. The van der Waals surface area contributed by atoms with E-state index < -0.39 is 0 Å². The number of aliphatic imine (C=N–C) groups is 1. The minimum Gasteiger partial charge on any atom is -0.485 e. The van der Waals surface area contributed by atoms with Crippen molar-refractivity contribution in [1.29, 1.82) is 0 Å². The van der Waals surface area contributed by atoms with Gasteiger partial charge in [-0.05, 0) is 39.3 Å². The summed E-state index contributed by atoms with van der Waals surface area (Å²) in [5, 5.41) is 12.8. The minimum absolute atomic E-state index is 0.0791. The summed E-state index contributed by atoms with van der Waals surface area (Å²) in [5.74, 6) is 2.70. The predicted octanol–water partition coefficient (Wildman–Crippen LogP) is 3.37. The second kappa shape index (κ2) is 9.47. The maximum absolute atomic E-state index is 12.1. The maximum atomic E-state index is 12.1. The lowest BCUT2D eigenvalue weighted by Crippen LogP contribution is -2.29. The SMILES string of the molecule is Cc1ccc(OCc2nnc(SCC(=O)NC3=NCCS3)n2C(C)C)c(C)c1. The van der Waals surface area contributed by atoms with Crippen LogP contribution < -0.4 is 10.1 Å². The predicted molar refractivity (Wildman–Crippen MR) is 114 cm³/mol. The molecule has 0 aliphatic carbocycles. The molecule has 1 aliphatic heterocycles. The van der Waals surface area contributed by atoms with Crippen LogP contribution >= 0.6 is 23.5 Å². The molecule has 0 atom stereocenters. The largest absolute Gasteiger partial charge is 0.485 e. The van der Waals surface area contributed by atoms with Crippen molar-refractivity contribution in [2.75, 3.05) is 18.1 Å². The van der Waals surface area contributed by atoms with Crippen molar-refractivity contribution < 1.29 is 9.53 Å². The van der Waals surface area contributed by atoms with Gasteiger partial charge in [0.2, 0.25) is 5.91 Å². The Morgan fingerprint density at radius 3 is 2.86 bits per heavy atom. The van der Waals surface area contributed by atoms with Crippen molar-refractivity contribution >= 4 is 34.6 Å². The van der Waals surface area contributed by atoms with E-state index in [0.29, 0.717) is 16.9 Å². The van der Waals surface area contributed by atoms with Gasteiger partial charge < -0.3 is 14.6 Å². The average Bonchev–Trinajstić information content (AvgIpc) is 3.28. The zero-order chi connectivity index (χ0) is 20.1. The van der Waals surface area contributed by atoms with Crippen molar-refractivity contribution in [3.05, 3.63) is 35.2 Å². The van der Waals surface area contributed by atoms with Crippen molar-refractivity contribution in [2.45, 2.75) is 45.5 Å². The Labute approximate surface area is 173 Å². The molecule has 0 unspecified atom stereocenters. The molecular formula is C19H25N5O2S2. The molecule has 0 saturated heterocycles. The Morgan fingerprint density at radius 2 is 2.18 bits per heavy atom. The Morgan fingerprint density at radius 1 is 1.36 bits per heavy atom. The van der Waals surface area contributed by atoms with Gasteiger partial charge in [0, 0.05) is 11.8 Å². The minimum atomic E-state index is -0.0791. The number of carbonyl (C=O) groups excluding carboxylic acids is 1. The van der Waals surface area contributed by atoms with E-state index in [2.05, 4.69) is 47.3 Å². The second-order valence-corrected chi connectivity index (χ2v) is 8.82. The van der Waals surface area contributed by atoms with Crippen LogP contribution in [-0.4, -0.2) is 43.9 Å². The zero-order valence-corrected chi connectivity index (χ0v) is 18.2. The van der Waals surface area contributed by atoms with Gasteiger partial charge in [0.1, 0.15) is 12.4 Å². The number of thioether (sulfide) groups is 2. The molecule has 0 saturated carbocycles. The van der Waals surface area contributed by atoms with E-state index in [1.807, 2.05) is 23.6 Å². The van der Waals surface area contributed by atoms with Crippen LogP contribution in [0.15, 0.2) is 28.3 Å². The maximum Gasteiger partial charge on any atom is 0.236 e. The number of ether oxygens (including phenoxy) is 1. The van der Waals surface area contributed by atoms with Gasteiger partial charge in [-0.1, -0.05) is 41.2 Å². The number of hydrogen-bond acceptors (Lipinski definition) is 7. The number of carbonyl (C=O) groups is 1. The third-order valence-corrected chi connectivity index (χ3v) is 5.94. The molecule has 2 aromatic rings. The summed E-state index contributed by atoms with van der Waals surface area (Å²) >= 11 is 2.94. The number of aromatic nitrogens is 3. The Kier molecular flexibility index (Phi) is 7.01. The van der Waals surface area contributed by atoms with Gasteiger partial charge in [0.05, 0.1) is 12.3 Å². The molecule has 1 aromatic carbocycles. The molecule has 150 valence electrons. The smallest absolute Gasteiger partial charge is 0.236 e. The van der Waals surface area contributed by atoms with Crippen molar-refractivity contribution in [1.82, 2.24) is 20.1 Å². The highest BCUT2D eigenvalue weighted by Crippen LogP contribution is 2.24. The van der Waals surface area contributed by atoms with Crippen molar-refractivity contribution in [2.24, 2.45) is 4.99 Å². The Hall–Kier alpha value is -2.00. The van der Waals surface area contributed by atoms with E-state index in [1.54, 1.807) is 11.8 Å².